The van der Waals surface area contributed by atoms with Crippen molar-refractivity contribution in [3.63, 3.8) is 0 Å². The molecule has 0 spiro atoms. The Morgan fingerprint density at radius 3 is 2.62 bits per heavy atom. The van der Waals surface area contributed by atoms with Crippen LogP contribution in [0.25, 0.3) is 0 Å². The highest BCUT2D eigenvalue weighted by Gasteiger charge is 2.17. The minimum absolute atomic E-state index is 0.234. The minimum atomic E-state index is -0.234. The summed E-state index contributed by atoms with van der Waals surface area (Å²) in [6.45, 7) is 4.00. The molecule has 2 aromatic heterocycles. The van der Waals surface area contributed by atoms with Crippen LogP contribution in [0.1, 0.15) is 53.4 Å². The zero-order valence-corrected chi connectivity index (χ0v) is 14.9. The lowest BCUT2D eigenvalue weighted by Gasteiger charge is -2.07. The number of hydrogen-bond acceptors (Lipinski definition) is 6. The fourth-order valence-corrected chi connectivity index (χ4v) is 3.93. The predicted octanol–water partition coefficient (Wildman–Crippen LogP) is 3.09. The Hall–Kier alpha value is -1.89. The maximum atomic E-state index is 12.0. The summed E-state index contributed by atoms with van der Waals surface area (Å²) in [6, 6.07) is 0. The van der Waals surface area contributed by atoms with Crippen LogP contribution >= 0.6 is 11.8 Å². The van der Waals surface area contributed by atoms with Crippen molar-refractivity contribution >= 4 is 17.7 Å². The summed E-state index contributed by atoms with van der Waals surface area (Å²) in [4.78, 5) is 25.0. The predicted molar refractivity (Wildman–Crippen MR) is 92.2 cm³/mol. The Balaban J connectivity index is 1.46. The van der Waals surface area contributed by atoms with E-state index in [1.54, 1.807) is 25.6 Å². The lowest BCUT2D eigenvalue weighted by molar-refractivity contribution is 0.0924. The molecule has 7 heteroatoms. The number of nitrogens with one attached hydrogen (secondary N) is 1. The highest BCUT2D eigenvalue weighted by Crippen LogP contribution is 2.32. The summed E-state index contributed by atoms with van der Waals surface area (Å²) >= 11 is 1.78. The van der Waals surface area contributed by atoms with Gasteiger partial charge in [0.05, 0.1) is 5.69 Å². The van der Waals surface area contributed by atoms with E-state index in [-0.39, 0.29) is 11.7 Å². The molecule has 0 saturated heterocycles. The largest absolute Gasteiger partial charge is 0.436 e. The topological polar surface area (TPSA) is 80.9 Å². The molecule has 0 unspecified atom stereocenters. The highest BCUT2D eigenvalue weighted by atomic mass is 32.2. The van der Waals surface area contributed by atoms with E-state index in [9.17, 15) is 4.79 Å². The van der Waals surface area contributed by atoms with E-state index in [1.165, 1.54) is 25.7 Å². The van der Waals surface area contributed by atoms with Crippen molar-refractivity contribution in [2.45, 2.75) is 56.4 Å². The second kappa shape index (κ2) is 7.79. The molecule has 0 atom stereocenters. The number of carbonyl (C=O) groups excluding carboxylic acids is 1. The zero-order chi connectivity index (χ0) is 16.9. The normalized spacial score (nSPS) is 14.9. The minimum Gasteiger partial charge on any atom is -0.436 e. The Kier molecular flexibility index (Phi) is 5.50. The number of hydrogen-bond donors (Lipinski definition) is 1. The van der Waals surface area contributed by atoms with Gasteiger partial charge in [0.25, 0.3) is 5.91 Å². The first-order valence-electron chi connectivity index (χ1n) is 8.31. The van der Waals surface area contributed by atoms with Crippen LogP contribution in [0.5, 0.6) is 0 Å². The number of oxazole rings is 1. The van der Waals surface area contributed by atoms with E-state index < -0.39 is 0 Å². The summed E-state index contributed by atoms with van der Waals surface area (Å²) in [7, 11) is 0. The van der Waals surface area contributed by atoms with Crippen LogP contribution in [0.2, 0.25) is 0 Å². The number of aromatic nitrogens is 3. The van der Waals surface area contributed by atoms with Gasteiger partial charge in [-0.25, -0.2) is 15.0 Å². The molecular formula is C17H22N4O2S. The van der Waals surface area contributed by atoms with Crippen LogP contribution in [0.4, 0.5) is 0 Å². The van der Waals surface area contributed by atoms with Crippen molar-refractivity contribution in [1.29, 1.82) is 0 Å². The number of nitrogens with zero attached hydrogens (tertiary/aromatic N) is 3. The third-order valence-electron chi connectivity index (χ3n) is 4.06. The van der Waals surface area contributed by atoms with Crippen LogP contribution in [0.15, 0.2) is 22.0 Å². The second-order valence-corrected chi connectivity index (χ2v) is 7.32. The maximum absolute atomic E-state index is 12.0. The number of rotatable bonds is 6. The number of carbonyl (C=O) groups is 1. The van der Waals surface area contributed by atoms with Crippen LogP contribution in [0, 0.1) is 13.8 Å². The Morgan fingerprint density at radius 1 is 1.29 bits per heavy atom. The lowest BCUT2D eigenvalue weighted by Crippen LogP contribution is -2.26. The van der Waals surface area contributed by atoms with E-state index >= 15 is 0 Å². The average molecular weight is 346 g/mol. The van der Waals surface area contributed by atoms with Crippen molar-refractivity contribution in [2.75, 3.05) is 6.54 Å². The SMILES string of the molecule is Cc1nc(C)c(C(=O)NCCc2cnc(SC3CCCC3)nc2)o1. The molecule has 2 aromatic rings. The number of amides is 1. The Morgan fingerprint density at radius 2 is 2.00 bits per heavy atom. The first kappa shape index (κ1) is 17.0. The van der Waals surface area contributed by atoms with E-state index in [2.05, 4.69) is 20.3 Å². The third-order valence-corrected chi connectivity index (χ3v) is 5.29. The average Bonchev–Trinajstić information content (AvgIpc) is 3.18. The molecule has 6 nitrogen and oxygen atoms in total. The monoisotopic (exact) mass is 346 g/mol. The van der Waals surface area contributed by atoms with E-state index in [1.807, 2.05) is 12.4 Å². The fourth-order valence-electron chi connectivity index (χ4n) is 2.83. The van der Waals surface area contributed by atoms with Gasteiger partial charge in [-0.05, 0) is 31.7 Å². The molecule has 1 aliphatic rings. The van der Waals surface area contributed by atoms with Crippen molar-refractivity contribution in [2.24, 2.45) is 0 Å². The van der Waals surface area contributed by atoms with Gasteiger partial charge in [0.1, 0.15) is 0 Å². The second-order valence-electron chi connectivity index (χ2n) is 6.05. The number of thioether (sulfide) groups is 1. The molecule has 0 radical (unpaired) electrons. The molecule has 1 N–H and O–H groups in total. The van der Waals surface area contributed by atoms with Gasteiger partial charge < -0.3 is 9.73 Å². The Labute approximate surface area is 145 Å². The van der Waals surface area contributed by atoms with Gasteiger partial charge in [-0.2, -0.15) is 0 Å². The van der Waals surface area contributed by atoms with Crippen LogP contribution < -0.4 is 5.32 Å². The molecule has 24 heavy (non-hydrogen) atoms. The maximum Gasteiger partial charge on any atom is 0.289 e. The summed E-state index contributed by atoms with van der Waals surface area (Å²) in [5.41, 5.74) is 1.62. The summed E-state index contributed by atoms with van der Waals surface area (Å²) in [5.74, 6) is 0.552. The van der Waals surface area contributed by atoms with Crippen molar-refractivity contribution in [3.8, 4) is 0 Å². The zero-order valence-electron chi connectivity index (χ0n) is 14.0. The Bertz CT molecular complexity index is 693. The molecule has 1 saturated carbocycles. The van der Waals surface area contributed by atoms with E-state index in [4.69, 9.17) is 4.42 Å². The van der Waals surface area contributed by atoms with E-state index in [0.717, 1.165) is 10.7 Å². The smallest absolute Gasteiger partial charge is 0.289 e. The van der Waals surface area contributed by atoms with Gasteiger partial charge in [0.2, 0.25) is 5.76 Å². The summed E-state index contributed by atoms with van der Waals surface area (Å²) in [5, 5.41) is 4.36. The van der Waals surface area contributed by atoms with E-state index in [0.29, 0.717) is 29.8 Å². The van der Waals surface area contributed by atoms with Crippen LogP contribution in [0.3, 0.4) is 0 Å². The van der Waals surface area contributed by atoms with Gasteiger partial charge in [-0.15, -0.1) is 0 Å². The quantitative estimate of drug-likeness (QED) is 0.810. The third kappa shape index (κ3) is 4.35. The molecule has 0 bridgehead atoms. The van der Waals surface area contributed by atoms with Crippen molar-refractivity contribution in [3.05, 3.63) is 35.3 Å². The van der Waals surface area contributed by atoms with Crippen LogP contribution in [-0.4, -0.2) is 32.7 Å². The van der Waals surface area contributed by atoms with Crippen molar-refractivity contribution < 1.29 is 9.21 Å². The first-order chi connectivity index (χ1) is 11.6. The molecule has 1 amide bonds. The molecule has 1 fully saturated rings. The molecule has 3 rings (SSSR count). The van der Waals surface area contributed by atoms with Gasteiger partial charge in [-0.3, -0.25) is 4.79 Å². The molecule has 0 aliphatic heterocycles. The van der Waals surface area contributed by atoms with Gasteiger partial charge in [-0.1, -0.05) is 24.6 Å². The summed E-state index contributed by atoms with van der Waals surface area (Å²) < 4.78 is 5.31. The molecule has 1 aliphatic carbocycles. The fraction of sp³-hybridized carbons (Fsp3) is 0.529. The van der Waals surface area contributed by atoms with Gasteiger partial charge in [0, 0.05) is 31.1 Å². The lowest BCUT2D eigenvalue weighted by atomic mass is 10.2. The molecular weight excluding hydrogens is 324 g/mol. The van der Waals surface area contributed by atoms with Gasteiger partial charge in [0.15, 0.2) is 11.0 Å². The summed E-state index contributed by atoms with van der Waals surface area (Å²) in [6.07, 6.45) is 9.55. The van der Waals surface area contributed by atoms with Crippen molar-refractivity contribution in [1.82, 2.24) is 20.3 Å². The number of aryl methyl sites for hydroxylation is 2. The molecule has 0 aromatic carbocycles. The molecule has 128 valence electrons. The van der Waals surface area contributed by atoms with Gasteiger partial charge >= 0.3 is 0 Å². The van der Waals surface area contributed by atoms with Crippen LogP contribution in [-0.2, 0) is 6.42 Å². The standard InChI is InChI=1S/C17H22N4O2S/c1-11-15(23-12(2)21-11)16(22)18-8-7-13-9-19-17(20-10-13)24-14-5-3-4-6-14/h9-10,14H,3-8H2,1-2H3,(H,18,22). The highest BCUT2D eigenvalue weighted by molar-refractivity contribution is 7.99. The molecule has 2 heterocycles. The first-order valence-corrected chi connectivity index (χ1v) is 9.19.